The normalized spacial score (nSPS) is 24.0. The number of hydrogen-bond donors (Lipinski definition) is 4. The van der Waals surface area contributed by atoms with Gasteiger partial charge in [-0.3, -0.25) is 4.79 Å². The Hall–Kier alpha value is -3.24. The topological polar surface area (TPSA) is 119 Å². The summed E-state index contributed by atoms with van der Waals surface area (Å²) in [6.45, 7) is 4.11. The van der Waals surface area contributed by atoms with Gasteiger partial charge in [-0.25, -0.2) is 9.38 Å². The Kier molecular flexibility index (Phi) is 5.75. The molecular weight excluding hydrogens is 405 g/mol. The molecule has 31 heavy (non-hydrogen) atoms. The molecule has 0 saturated carbocycles. The summed E-state index contributed by atoms with van der Waals surface area (Å²) >= 11 is 0. The molecule has 0 aromatic heterocycles. The van der Waals surface area contributed by atoms with Crippen LogP contribution in [0.25, 0.3) is 0 Å². The average Bonchev–Trinajstić information content (AvgIpc) is 3.11. The van der Waals surface area contributed by atoms with Gasteiger partial charge in [-0.2, -0.15) is 0 Å². The Balaban J connectivity index is 1.67. The smallest absolute Gasteiger partial charge is 0.261 e. The van der Waals surface area contributed by atoms with E-state index in [0.29, 0.717) is 44.2 Å². The molecule has 1 aromatic carbocycles. The highest BCUT2D eigenvalue weighted by Gasteiger charge is 2.35. The Morgan fingerprint density at radius 1 is 1.45 bits per heavy atom. The van der Waals surface area contributed by atoms with Crippen LogP contribution in [0.4, 0.5) is 15.8 Å². The molecule has 9 nitrogen and oxygen atoms in total. The van der Waals surface area contributed by atoms with Crippen molar-refractivity contribution in [1.29, 1.82) is 5.41 Å². The number of morpholine rings is 1. The predicted octanol–water partition coefficient (Wildman–Crippen LogP) is 1.49. The third kappa shape index (κ3) is 4.30. The standard InChI is InChI=1S/C21H24FN5O4/c1-21(12-28)8-13-6-16(17(7-18(13)31-21)27-2-4-30-5-3-27)26-20(29)15(9-23)19-24-10-14(22)11-25-19/h6-7,9-11,23-24,28H,2-5,8,12H2,1H3,(H,26,29)/b19-15-,23-9?/t21-/m0/s1. The Morgan fingerprint density at radius 3 is 2.87 bits per heavy atom. The zero-order chi connectivity index (χ0) is 22.0. The quantitative estimate of drug-likeness (QED) is 0.416. The molecular formula is C21H24FN5O4. The number of halogens is 1. The van der Waals surface area contributed by atoms with E-state index in [-0.39, 0.29) is 18.0 Å². The fourth-order valence-electron chi connectivity index (χ4n) is 3.72. The van der Waals surface area contributed by atoms with Crippen LogP contribution >= 0.6 is 0 Å². The minimum atomic E-state index is -0.716. The van der Waals surface area contributed by atoms with Crippen LogP contribution in [0.15, 0.2) is 40.5 Å². The van der Waals surface area contributed by atoms with Gasteiger partial charge in [0.15, 0.2) is 5.83 Å². The number of ether oxygens (including phenoxy) is 2. The lowest BCUT2D eigenvalue weighted by atomic mass is 9.99. The van der Waals surface area contributed by atoms with E-state index in [9.17, 15) is 14.3 Å². The largest absolute Gasteiger partial charge is 0.484 e. The molecule has 0 bridgehead atoms. The molecule has 3 aliphatic rings. The average molecular weight is 429 g/mol. The zero-order valence-corrected chi connectivity index (χ0v) is 17.1. The van der Waals surface area contributed by atoms with Crippen molar-refractivity contribution >= 4 is 29.7 Å². The maximum absolute atomic E-state index is 13.2. The van der Waals surface area contributed by atoms with Crippen molar-refractivity contribution in [2.75, 3.05) is 43.1 Å². The van der Waals surface area contributed by atoms with Gasteiger partial charge in [0.05, 0.1) is 43.0 Å². The van der Waals surface area contributed by atoms with Crippen LogP contribution in [0.2, 0.25) is 0 Å². The molecule has 10 heteroatoms. The molecule has 1 amide bonds. The van der Waals surface area contributed by atoms with E-state index in [0.717, 1.165) is 29.9 Å². The van der Waals surface area contributed by atoms with E-state index < -0.39 is 17.3 Å². The van der Waals surface area contributed by atoms with Crippen LogP contribution in [0.5, 0.6) is 5.75 Å². The molecule has 4 N–H and O–H groups in total. The summed E-state index contributed by atoms with van der Waals surface area (Å²) in [7, 11) is 0. The minimum absolute atomic E-state index is 0.0372. The van der Waals surface area contributed by atoms with Gasteiger partial charge in [-0.15, -0.1) is 0 Å². The van der Waals surface area contributed by atoms with Gasteiger partial charge in [0.25, 0.3) is 5.91 Å². The van der Waals surface area contributed by atoms with Crippen molar-refractivity contribution in [3.8, 4) is 5.75 Å². The molecule has 0 aliphatic carbocycles. The van der Waals surface area contributed by atoms with Crippen LogP contribution in [-0.2, 0) is 16.0 Å². The van der Waals surface area contributed by atoms with Gasteiger partial charge in [0, 0.05) is 43.6 Å². The lowest BCUT2D eigenvalue weighted by molar-refractivity contribution is -0.112. The van der Waals surface area contributed by atoms with Crippen LogP contribution in [0.3, 0.4) is 0 Å². The molecule has 1 atom stereocenters. The van der Waals surface area contributed by atoms with Crippen molar-refractivity contribution in [3.05, 3.63) is 41.1 Å². The molecule has 0 spiro atoms. The van der Waals surface area contributed by atoms with E-state index in [2.05, 4.69) is 20.5 Å². The number of rotatable bonds is 5. The van der Waals surface area contributed by atoms with Crippen molar-refractivity contribution in [3.63, 3.8) is 0 Å². The molecule has 0 radical (unpaired) electrons. The number of carbonyl (C=O) groups excluding carboxylic acids is 1. The molecule has 0 unspecified atom stereocenters. The lowest BCUT2D eigenvalue weighted by Gasteiger charge is -2.31. The van der Waals surface area contributed by atoms with Crippen LogP contribution < -0.4 is 20.3 Å². The van der Waals surface area contributed by atoms with Gasteiger partial charge in [-0.05, 0) is 13.0 Å². The predicted molar refractivity (Wildman–Crippen MR) is 115 cm³/mol. The second kappa shape index (κ2) is 8.48. The van der Waals surface area contributed by atoms with E-state index >= 15 is 0 Å². The second-order valence-electron chi connectivity index (χ2n) is 7.76. The maximum atomic E-state index is 13.2. The highest BCUT2D eigenvalue weighted by molar-refractivity contribution is 6.18. The monoisotopic (exact) mass is 429 g/mol. The first-order valence-electron chi connectivity index (χ1n) is 9.94. The number of amides is 1. The van der Waals surface area contributed by atoms with Crippen molar-refractivity contribution in [2.45, 2.75) is 18.9 Å². The summed E-state index contributed by atoms with van der Waals surface area (Å²) < 4.78 is 24.6. The second-order valence-corrected chi connectivity index (χ2v) is 7.76. The summed E-state index contributed by atoms with van der Waals surface area (Å²) in [5.41, 5.74) is 1.43. The minimum Gasteiger partial charge on any atom is -0.484 e. The summed E-state index contributed by atoms with van der Waals surface area (Å²) in [6.07, 6.45) is 3.42. The molecule has 3 aliphatic heterocycles. The van der Waals surface area contributed by atoms with Crippen molar-refractivity contribution < 1.29 is 23.8 Å². The zero-order valence-electron chi connectivity index (χ0n) is 17.1. The number of aliphatic hydroxyl groups is 1. The molecule has 1 aromatic rings. The number of carbonyl (C=O) groups is 1. The number of allylic oxidation sites excluding steroid dienone is 1. The fourth-order valence-corrected chi connectivity index (χ4v) is 3.72. The number of fused-ring (bicyclic) bond motifs is 1. The van der Waals surface area contributed by atoms with Gasteiger partial charge >= 0.3 is 0 Å². The van der Waals surface area contributed by atoms with E-state index in [1.54, 1.807) is 0 Å². The SMILES string of the molecule is C[C@@]1(CO)Cc2cc(NC(=O)/C(C=N)=C3\N=CC(F)=CN3)c(N3CCOCC3)cc2O1. The summed E-state index contributed by atoms with van der Waals surface area (Å²) in [5, 5.41) is 22.8. The molecule has 164 valence electrons. The van der Waals surface area contributed by atoms with Crippen LogP contribution in [0.1, 0.15) is 12.5 Å². The summed E-state index contributed by atoms with van der Waals surface area (Å²) in [5.74, 6) is -0.377. The van der Waals surface area contributed by atoms with E-state index in [1.165, 1.54) is 0 Å². The highest BCUT2D eigenvalue weighted by atomic mass is 19.1. The lowest BCUT2D eigenvalue weighted by Crippen LogP contribution is -2.37. The van der Waals surface area contributed by atoms with Gasteiger partial charge < -0.3 is 35.5 Å². The number of anilines is 2. The van der Waals surface area contributed by atoms with Crippen LogP contribution in [0, 0.1) is 5.41 Å². The summed E-state index contributed by atoms with van der Waals surface area (Å²) in [4.78, 5) is 18.9. The number of benzene rings is 1. The third-order valence-corrected chi connectivity index (χ3v) is 5.34. The van der Waals surface area contributed by atoms with Gasteiger partial charge in [0.2, 0.25) is 0 Å². The first kappa shape index (κ1) is 21.0. The van der Waals surface area contributed by atoms with E-state index in [4.69, 9.17) is 14.9 Å². The third-order valence-electron chi connectivity index (χ3n) is 5.34. The maximum Gasteiger partial charge on any atom is 0.261 e. The Bertz CT molecular complexity index is 1000. The molecule has 1 saturated heterocycles. The Morgan fingerprint density at radius 2 is 2.23 bits per heavy atom. The number of nitrogens with zero attached hydrogens (tertiary/aromatic N) is 2. The highest BCUT2D eigenvalue weighted by Crippen LogP contribution is 2.42. The van der Waals surface area contributed by atoms with Gasteiger partial charge in [0.1, 0.15) is 17.2 Å². The first-order chi connectivity index (χ1) is 14.9. The number of aliphatic imine (C=N–C) groups is 1. The number of hydrogen-bond acceptors (Lipinski definition) is 8. The molecule has 4 rings (SSSR count). The van der Waals surface area contributed by atoms with E-state index in [1.807, 2.05) is 19.1 Å². The number of nitrogens with one attached hydrogen (secondary N) is 3. The fraction of sp³-hybridized carbons (Fsp3) is 0.381. The molecule has 1 fully saturated rings. The first-order valence-corrected chi connectivity index (χ1v) is 9.94. The molecule has 3 heterocycles. The van der Waals surface area contributed by atoms with Crippen molar-refractivity contribution in [1.82, 2.24) is 5.32 Å². The van der Waals surface area contributed by atoms with Crippen molar-refractivity contribution in [2.24, 2.45) is 4.99 Å². The Labute approximate surface area is 178 Å². The number of aliphatic hydroxyl groups excluding tert-OH is 1. The summed E-state index contributed by atoms with van der Waals surface area (Å²) in [6, 6.07) is 3.70. The van der Waals surface area contributed by atoms with Crippen LogP contribution in [-0.4, -0.2) is 62.0 Å². The van der Waals surface area contributed by atoms with Gasteiger partial charge in [-0.1, -0.05) is 0 Å².